The summed E-state index contributed by atoms with van der Waals surface area (Å²) < 4.78 is 25.2. The Morgan fingerprint density at radius 2 is 1.62 bits per heavy atom. The Kier molecular flexibility index (Phi) is 4.84. The molecule has 1 fully saturated rings. The Morgan fingerprint density at radius 3 is 2.10 bits per heavy atom. The molecule has 0 bridgehead atoms. The number of nitrogens with zero attached hydrogens (tertiary/aromatic N) is 2. The van der Waals surface area contributed by atoms with Gasteiger partial charge in [-0.15, -0.1) is 4.83 Å². The highest BCUT2D eigenvalue weighted by Crippen LogP contribution is 2.24. The van der Waals surface area contributed by atoms with Crippen molar-refractivity contribution < 1.29 is 8.42 Å². The standard InChI is InChI=1S/C13H23N5O2S/c1-10-8-12(15-14)9-11(2)13(10)21(19,20)16-18-6-4-17(3)5-7-18/h8-9,15-16H,4-7,14H2,1-3H3. The van der Waals surface area contributed by atoms with Gasteiger partial charge in [0.05, 0.1) is 4.90 Å². The van der Waals surface area contributed by atoms with Crippen molar-refractivity contribution in [3.63, 3.8) is 0 Å². The van der Waals surface area contributed by atoms with Crippen LogP contribution in [0.5, 0.6) is 0 Å². The first-order valence-electron chi connectivity index (χ1n) is 6.87. The lowest BCUT2D eigenvalue weighted by molar-refractivity contribution is 0.135. The second kappa shape index (κ2) is 6.29. The van der Waals surface area contributed by atoms with Crippen LogP contribution in [0.25, 0.3) is 0 Å². The van der Waals surface area contributed by atoms with Gasteiger partial charge < -0.3 is 10.3 Å². The lowest BCUT2D eigenvalue weighted by Gasteiger charge is -2.32. The molecule has 0 aromatic heterocycles. The predicted octanol–water partition coefficient (Wildman–Crippen LogP) is 0.0297. The summed E-state index contributed by atoms with van der Waals surface area (Å²) in [4.78, 5) is 5.17. The largest absolute Gasteiger partial charge is 0.324 e. The highest BCUT2D eigenvalue weighted by atomic mass is 32.2. The maximum absolute atomic E-state index is 12.6. The summed E-state index contributed by atoms with van der Waals surface area (Å²) in [5.74, 6) is 5.38. The van der Waals surface area contributed by atoms with Crippen molar-refractivity contribution >= 4 is 15.7 Å². The summed E-state index contributed by atoms with van der Waals surface area (Å²) in [7, 11) is -1.55. The average Bonchev–Trinajstić information content (AvgIpc) is 2.39. The van der Waals surface area contributed by atoms with Crippen LogP contribution >= 0.6 is 0 Å². The summed E-state index contributed by atoms with van der Waals surface area (Å²) in [6.45, 7) is 6.58. The zero-order chi connectivity index (χ0) is 15.6. The molecule has 1 aliphatic rings. The third-order valence-electron chi connectivity index (χ3n) is 3.65. The van der Waals surface area contributed by atoms with Gasteiger partial charge in [0.2, 0.25) is 0 Å². The van der Waals surface area contributed by atoms with E-state index >= 15 is 0 Å². The van der Waals surface area contributed by atoms with Crippen LogP contribution in [0.3, 0.4) is 0 Å². The van der Waals surface area contributed by atoms with Gasteiger partial charge in [0, 0.05) is 31.9 Å². The number of aryl methyl sites for hydroxylation is 2. The van der Waals surface area contributed by atoms with E-state index in [1.807, 2.05) is 7.05 Å². The number of hydrazine groups is 2. The zero-order valence-corrected chi connectivity index (χ0v) is 13.5. The van der Waals surface area contributed by atoms with Gasteiger partial charge in [-0.3, -0.25) is 5.84 Å². The van der Waals surface area contributed by atoms with Crippen molar-refractivity contribution in [2.75, 3.05) is 38.7 Å². The molecule has 0 atom stereocenters. The fraction of sp³-hybridized carbons (Fsp3) is 0.538. The van der Waals surface area contributed by atoms with Gasteiger partial charge in [-0.2, -0.15) is 0 Å². The van der Waals surface area contributed by atoms with E-state index in [4.69, 9.17) is 5.84 Å². The topological polar surface area (TPSA) is 90.7 Å². The van der Waals surface area contributed by atoms with Crippen LogP contribution in [0.1, 0.15) is 11.1 Å². The van der Waals surface area contributed by atoms with Crippen LogP contribution in [-0.4, -0.2) is 51.6 Å². The van der Waals surface area contributed by atoms with Gasteiger partial charge in [0.25, 0.3) is 10.0 Å². The smallest absolute Gasteiger partial charge is 0.253 e. The van der Waals surface area contributed by atoms with E-state index in [0.717, 1.165) is 13.1 Å². The molecule has 1 saturated heterocycles. The molecule has 21 heavy (non-hydrogen) atoms. The average molecular weight is 313 g/mol. The summed E-state index contributed by atoms with van der Waals surface area (Å²) in [5, 5.41) is 1.75. The van der Waals surface area contributed by atoms with Crippen LogP contribution in [0, 0.1) is 13.8 Å². The first-order chi connectivity index (χ1) is 9.83. The first kappa shape index (κ1) is 16.2. The van der Waals surface area contributed by atoms with Crippen molar-refractivity contribution in [2.24, 2.45) is 5.84 Å². The number of nitrogen functional groups attached to an aromatic ring is 1. The van der Waals surface area contributed by atoms with Gasteiger partial charge >= 0.3 is 0 Å². The van der Waals surface area contributed by atoms with E-state index in [-0.39, 0.29) is 0 Å². The minimum atomic E-state index is -3.57. The zero-order valence-electron chi connectivity index (χ0n) is 12.7. The number of benzene rings is 1. The maximum atomic E-state index is 12.6. The summed E-state index contributed by atoms with van der Waals surface area (Å²) in [5.41, 5.74) is 4.58. The number of sulfonamides is 1. The van der Waals surface area contributed by atoms with Crippen LogP contribution in [-0.2, 0) is 10.0 Å². The molecule has 0 unspecified atom stereocenters. The fourth-order valence-electron chi connectivity index (χ4n) is 2.57. The van der Waals surface area contributed by atoms with Gasteiger partial charge in [0.1, 0.15) is 0 Å². The molecular weight excluding hydrogens is 290 g/mol. The van der Waals surface area contributed by atoms with Gasteiger partial charge in [-0.1, -0.05) is 0 Å². The highest BCUT2D eigenvalue weighted by molar-refractivity contribution is 7.89. The Labute approximate surface area is 126 Å². The molecule has 0 saturated carbocycles. The van der Waals surface area contributed by atoms with Crippen LogP contribution in [0.15, 0.2) is 17.0 Å². The van der Waals surface area contributed by atoms with E-state index in [1.165, 1.54) is 0 Å². The van der Waals surface area contributed by atoms with E-state index in [0.29, 0.717) is 34.8 Å². The third-order valence-corrected chi connectivity index (χ3v) is 5.33. The fourth-order valence-corrected chi connectivity index (χ4v) is 4.15. The number of piperazine rings is 1. The molecule has 8 heteroatoms. The van der Waals surface area contributed by atoms with Crippen LogP contribution in [0.4, 0.5) is 5.69 Å². The number of rotatable bonds is 4. The van der Waals surface area contributed by atoms with E-state index in [1.54, 1.807) is 31.0 Å². The normalized spacial score (nSPS) is 17.9. The van der Waals surface area contributed by atoms with Crippen LogP contribution < -0.4 is 16.1 Å². The molecule has 2 rings (SSSR count). The van der Waals surface area contributed by atoms with Crippen molar-refractivity contribution in [2.45, 2.75) is 18.7 Å². The highest BCUT2D eigenvalue weighted by Gasteiger charge is 2.24. The second-order valence-electron chi connectivity index (χ2n) is 5.47. The lowest BCUT2D eigenvalue weighted by Crippen LogP contribution is -2.52. The van der Waals surface area contributed by atoms with E-state index in [2.05, 4.69) is 15.2 Å². The van der Waals surface area contributed by atoms with Crippen molar-refractivity contribution in [1.82, 2.24) is 14.7 Å². The number of hydrogen-bond donors (Lipinski definition) is 3. The summed E-state index contributed by atoms with van der Waals surface area (Å²) in [6.07, 6.45) is 0. The molecule has 0 radical (unpaired) electrons. The van der Waals surface area contributed by atoms with Crippen molar-refractivity contribution in [3.05, 3.63) is 23.3 Å². The van der Waals surface area contributed by atoms with Gasteiger partial charge in [0.15, 0.2) is 0 Å². The van der Waals surface area contributed by atoms with Gasteiger partial charge in [-0.05, 0) is 44.2 Å². The SMILES string of the molecule is Cc1cc(NN)cc(C)c1S(=O)(=O)NN1CCN(C)CC1. The van der Waals surface area contributed by atoms with E-state index in [9.17, 15) is 8.42 Å². The predicted molar refractivity (Wildman–Crippen MR) is 83.1 cm³/mol. The molecule has 1 aromatic carbocycles. The Balaban J connectivity index is 2.24. The quantitative estimate of drug-likeness (QED) is 0.537. The number of nitrogens with two attached hydrogens (primary N) is 1. The third kappa shape index (κ3) is 3.72. The number of likely N-dealkylation sites (N-methyl/N-ethyl adjacent to an activating group) is 1. The number of nitrogens with one attached hydrogen (secondary N) is 2. The van der Waals surface area contributed by atoms with Crippen molar-refractivity contribution in [1.29, 1.82) is 0 Å². The molecule has 1 aliphatic heterocycles. The summed E-state index contributed by atoms with van der Waals surface area (Å²) >= 11 is 0. The molecule has 1 aromatic rings. The molecule has 1 heterocycles. The molecule has 4 N–H and O–H groups in total. The van der Waals surface area contributed by atoms with Crippen LogP contribution in [0.2, 0.25) is 0 Å². The molecule has 118 valence electrons. The number of anilines is 1. The Morgan fingerprint density at radius 1 is 1.10 bits per heavy atom. The van der Waals surface area contributed by atoms with E-state index < -0.39 is 10.0 Å². The number of hydrogen-bond acceptors (Lipinski definition) is 6. The first-order valence-corrected chi connectivity index (χ1v) is 8.35. The summed E-state index contributed by atoms with van der Waals surface area (Å²) in [6, 6.07) is 3.46. The molecule has 0 amide bonds. The minimum Gasteiger partial charge on any atom is -0.324 e. The van der Waals surface area contributed by atoms with Crippen molar-refractivity contribution in [3.8, 4) is 0 Å². The second-order valence-corrected chi connectivity index (χ2v) is 7.07. The molecule has 0 aliphatic carbocycles. The lowest BCUT2D eigenvalue weighted by atomic mass is 10.1. The minimum absolute atomic E-state index is 0.320. The Bertz CT molecular complexity index is 586. The maximum Gasteiger partial charge on any atom is 0.253 e. The molecular formula is C13H23N5O2S. The molecule has 0 spiro atoms. The van der Waals surface area contributed by atoms with Gasteiger partial charge in [-0.25, -0.2) is 13.4 Å². The Hall–Kier alpha value is -1.19. The molecule has 7 nitrogen and oxygen atoms in total. The monoisotopic (exact) mass is 313 g/mol.